The number of hydrogen-bond acceptors (Lipinski definition) is 9. The second-order valence-corrected chi connectivity index (χ2v) is 9.38. The molecule has 3 aromatic rings. The second-order valence-electron chi connectivity index (χ2n) is 8.35. The van der Waals surface area contributed by atoms with Crippen molar-refractivity contribution < 1.29 is 23.5 Å². The monoisotopic (exact) mass is 470 g/mol. The number of aromatic nitrogens is 2. The van der Waals surface area contributed by atoms with Crippen LogP contribution in [0.25, 0.3) is 11.1 Å². The molecule has 1 spiro atoms. The number of rotatable bonds is 3. The molecule has 2 N–H and O–H groups in total. The van der Waals surface area contributed by atoms with Gasteiger partial charge in [0.1, 0.15) is 11.3 Å². The first-order chi connectivity index (χ1) is 16.0. The van der Waals surface area contributed by atoms with Crippen LogP contribution in [0.4, 0.5) is 20.7 Å². The fourth-order valence-electron chi connectivity index (χ4n) is 5.31. The molecule has 0 radical (unpaired) electrons. The molecule has 3 aliphatic rings. The molecular weight excluding hydrogens is 448 g/mol. The first kappa shape index (κ1) is 20.1. The van der Waals surface area contributed by atoms with Crippen LogP contribution in [0.2, 0.25) is 0 Å². The van der Waals surface area contributed by atoms with Crippen LogP contribution in [0.5, 0.6) is 5.75 Å². The molecule has 2 aliphatic heterocycles. The van der Waals surface area contributed by atoms with Gasteiger partial charge in [-0.3, -0.25) is 5.32 Å². The Kier molecular flexibility index (Phi) is 4.25. The van der Waals surface area contributed by atoms with Crippen molar-refractivity contribution in [1.29, 1.82) is 0 Å². The summed E-state index contributed by atoms with van der Waals surface area (Å²) >= 11 is 1.45. The van der Waals surface area contributed by atoms with E-state index in [2.05, 4.69) is 20.5 Å². The number of benzene rings is 1. The summed E-state index contributed by atoms with van der Waals surface area (Å²) in [6, 6.07) is 5.77. The number of oxazole rings is 1. The Morgan fingerprint density at radius 3 is 2.88 bits per heavy atom. The zero-order valence-corrected chi connectivity index (χ0v) is 19.1. The Labute approximate surface area is 192 Å². The Morgan fingerprint density at radius 2 is 2.12 bits per heavy atom. The van der Waals surface area contributed by atoms with Crippen molar-refractivity contribution in [3.8, 4) is 5.75 Å². The number of amides is 3. The zero-order chi connectivity index (χ0) is 22.9. The van der Waals surface area contributed by atoms with Crippen LogP contribution >= 0.6 is 11.3 Å². The van der Waals surface area contributed by atoms with E-state index in [9.17, 15) is 9.59 Å². The summed E-state index contributed by atoms with van der Waals surface area (Å²) in [5.74, 6) is 0.717. The van der Waals surface area contributed by atoms with E-state index in [0.717, 1.165) is 10.6 Å². The number of methoxy groups -OCH3 is 2. The first-order valence-electron chi connectivity index (χ1n) is 10.5. The van der Waals surface area contributed by atoms with Crippen molar-refractivity contribution in [3.63, 3.8) is 0 Å². The van der Waals surface area contributed by atoms with E-state index in [1.165, 1.54) is 18.4 Å². The van der Waals surface area contributed by atoms with Crippen LogP contribution in [-0.2, 0) is 11.2 Å². The summed E-state index contributed by atoms with van der Waals surface area (Å²) in [4.78, 5) is 38.5. The number of ether oxygens (including phenoxy) is 2. The van der Waals surface area contributed by atoms with E-state index >= 15 is 0 Å². The highest BCUT2D eigenvalue weighted by Gasteiger charge is 2.74. The molecule has 0 saturated carbocycles. The van der Waals surface area contributed by atoms with E-state index in [-0.39, 0.29) is 29.6 Å². The first-order valence-corrected chi connectivity index (χ1v) is 11.3. The number of piperidine rings is 1. The maximum Gasteiger partial charge on any atom is 0.409 e. The van der Waals surface area contributed by atoms with Crippen LogP contribution in [0, 0.1) is 0 Å². The lowest BCUT2D eigenvalue weighted by Crippen LogP contribution is -2.46. The number of nitrogens with zero attached hydrogens (tertiary/aromatic N) is 4. The molecule has 12 heteroatoms. The molecule has 2 aromatic heterocycles. The highest BCUT2D eigenvalue weighted by Crippen LogP contribution is 2.63. The minimum atomic E-state index is -0.362. The number of thiazole rings is 1. The van der Waals surface area contributed by atoms with Gasteiger partial charge in [-0.1, -0.05) is 0 Å². The van der Waals surface area contributed by atoms with Crippen molar-refractivity contribution in [1.82, 2.24) is 20.2 Å². The van der Waals surface area contributed by atoms with Gasteiger partial charge in [-0.05, 0) is 12.1 Å². The van der Waals surface area contributed by atoms with Gasteiger partial charge < -0.3 is 29.0 Å². The van der Waals surface area contributed by atoms with Gasteiger partial charge in [0, 0.05) is 43.4 Å². The van der Waals surface area contributed by atoms with E-state index in [1.807, 2.05) is 18.2 Å². The summed E-state index contributed by atoms with van der Waals surface area (Å²) in [6.07, 6.45) is 0.333. The van der Waals surface area contributed by atoms with Crippen LogP contribution in [0.15, 0.2) is 22.6 Å². The molecule has 3 atom stereocenters. The molecule has 172 valence electrons. The average Bonchev–Trinajstić information content (AvgIpc) is 3.10. The zero-order valence-electron chi connectivity index (χ0n) is 18.2. The molecule has 4 heterocycles. The molecule has 33 heavy (non-hydrogen) atoms. The Morgan fingerprint density at radius 1 is 1.27 bits per heavy atom. The molecule has 2 saturated heterocycles. The summed E-state index contributed by atoms with van der Waals surface area (Å²) in [6.45, 7) is 1.02. The number of likely N-dealkylation sites (tertiary alicyclic amines) is 1. The third kappa shape index (κ3) is 2.79. The third-order valence-electron chi connectivity index (χ3n) is 6.83. The SMILES string of the molecule is CNC(=O)Nc1nc2c(s1)C1CN(C(=O)OC)CC3N(c4nc5cc(OC)ccc5o4)C13C2. The molecule has 3 amide bonds. The van der Waals surface area contributed by atoms with Crippen molar-refractivity contribution in [2.75, 3.05) is 44.6 Å². The number of nitrogens with one attached hydrogen (secondary N) is 2. The fourth-order valence-corrected chi connectivity index (χ4v) is 6.47. The lowest BCUT2D eigenvalue weighted by atomic mass is 9.87. The highest BCUT2D eigenvalue weighted by atomic mass is 32.1. The predicted molar refractivity (Wildman–Crippen MR) is 120 cm³/mol. The van der Waals surface area contributed by atoms with Crippen LogP contribution in [0.1, 0.15) is 16.5 Å². The van der Waals surface area contributed by atoms with Gasteiger partial charge in [0.25, 0.3) is 6.01 Å². The maximum atomic E-state index is 12.4. The molecular formula is C21H22N6O5S. The average molecular weight is 471 g/mol. The molecule has 0 bridgehead atoms. The summed E-state index contributed by atoms with van der Waals surface area (Å²) in [5, 5.41) is 5.84. The van der Waals surface area contributed by atoms with Crippen molar-refractivity contribution in [2.24, 2.45) is 0 Å². The normalized spacial score (nSPS) is 24.7. The smallest absolute Gasteiger partial charge is 0.409 e. The molecule has 1 aromatic carbocycles. The Hall–Kier alpha value is -3.54. The molecule has 6 rings (SSSR count). The van der Waals surface area contributed by atoms with Crippen molar-refractivity contribution in [2.45, 2.75) is 23.9 Å². The van der Waals surface area contributed by atoms with Gasteiger partial charge in [0.2, 0.25) is 0 Å². The number of hydrogen-bond donors (Lipinski definition) is 2. The minimum absolute atomic E-state index is 0.00707. The summed E-state index contributed by atoms with van der Waals surface area (Å²) in [7, 11) is 4.56. The number of carbonyl (C=O) groups excluding carboxylic acids is 2. The van der Waals surface area contributed by atoms with E-state index in [1.54, 1.807) is 19.1 Å². The van der Waals surface area contributed by atoms with Gasteiger partial charge >= 0.3 is 12.1 Å². The fraction of sp³-hybridized carbons (Fsp3) is 0.429. The molecule has 3 unspecified atom stereocenters. The van der Waals surface area contributed by atoms with Gasteiger partial charge in [-0.15, -0.1) is 11.3 Å². The molecule has 2 fully saturated rings. The Balaban J connectivity index is 1.38. The number of anilines is 2. The van der Waals surface area contributed by atoms with E-state index in [0.29, 0.717) is 47.5 Å². The summed E-state index contributed by atoms with van der Waals surface area (Å²) < 4.78 is 16.4. The van der Waals surface area contributed by atoms with Gasteiger partial charge in [0.15, 0.2) is 10.7 Å². The number of carbonyl (C=O) groups is 2. The van der Waals surface area contributed by atoms with Crippen LogP contribution in [0.3, 0.4) is 0 Å². The second kappa shape index (κ2) is 6.98. The molecule has 11 nitrogen and oxygen atoms in total. The Bertz CT molecular complexity index is 1290. The standard InChI is InChI=1S/C21H22N6O5S/c1-22-17(28)25-18-23-13-7-21-11(16(13)33-18)8-26(20(29)31-3)9-15(21)27(21)19-24-12-6-10(30-2)4-5-14(12)32-19/h4-6,11,15H,7-9H2,1-3H3,(H2,22,23,25,28). The van der Waals surface area contributed by atoms with E-state index in [4.69, 9.17) is 18.9 Å². The largest absolute Gasteiger partial charge is 0.497 e. The lowest BCUT2D eigenvalue weighted by molar-refractivity contribution is 0.112. The minimum Gasteiger partial charge on any atom is -0.497 e. The van der Waals surface area contributed by atoms with Crippen LogP contribution < -0.4 is 20.3 Å². The van der Waals surface area contributed by atoms with Gasteiger partial charge in [-0.2, -0.15) is 4.98 Å². The quantitative estimate of drug-likeness (QED) is 0.560. The topological polar surface area (TPSA) is 122 Å². The van der Waals surface area contributed by atoms with Gasteiger partial charge in [-0.25, -0.2) is 14.6 Å². The number of urea groups is 1. The van der Waals surface area contributed by atoms with Crippen molar-refractivity contribution >= 4 is 45.7 Å². The van der Waals surface area contributed by atoms with Crippen LogP contribution in [-0.4, -0.2) is 72.9 Å². The third-order valence-corrected chi connectivity index (χ3v) is 7.96. The lowest BCUT2D eigenvalue weighted by Gasteiger charge is -2.31. The van der Waals surface area contributed by atoms with E-state index < -0.39 is 0 Å². The maximum absolute atomic E-state index is 12.4. The van der Waals surface area contributed by atoms with Gasteiger partial charge in [0.05, 0.1) is 31.5 Å². The summed E-state index contributed by atoms with van der Waals surface area (Å²) in [5.41, 5.74) is 2.08. The predicted octanol–water partition coefficient (Wildman–Crippen LogP) is 2.39. The molecule has 1 aliphatic carbocycles. The van der Waals surface area contributed by atoms with Crippen molar-refractivity contribution in [3.05, 3.63) is 28.8 Å². The number of fused-ring (bicyclic) bond motifs is 3. The highest BCUT2D eigenvalue weighted by molar-refractivity contribution is 7.16.